The smallest absolute Gasteiger partial charge is 0.257 e. The number of morpholine rings is 1. The van der Waals surface area contributed by atoms with Crippen LogP contribution in [0.5, 0.6) is 5.75 Å². The van der Waals surface area contributed by atoms with Gasteiger partial charge in [-0.25, -0.2) is 0 Å². The van der Waals surface area contributed by atoms with E-state index in [9.17, 15) is 9.59 Å². The lowest BCUT2D eigenvalue weighted by Gasteiger charge is -2.29. The molecule has 2 aliphatic rings. The Morgan fingerprint density at radius 2 is 1.74 bits per heavy atom. The van der Waals surface area contributed by atoms with E-state index in [0.717, 1.165) is 24.3 Å². The summed E-state index contributed by atoms with van der Waals surface area (Å²) < 4.78 is 10.9. The van der Waals surface area contributed by atoms with E-state index in [0.29, 0.717) is 70.2 Å². The van der Waals surface area contributed by atoms with Crippen LogP contribution in [0.25, 0.3) is 11.1 Å². The molecule has 0 radical (unpaired) electrons. The maximum Gasteiger partial charge on any atom is 0.257 e. The molecule has 3 aromatic rings. The third-order valence-corrected chi connectivity index (χ3v) is 7.81. The van der Waals surface area contributed by atoms with Crippen LogP contribution < -0.4 is 20.1 Å². The van der Waals surface area contributed by atoms with Gasteiger partial charge in [0.1, 0.15) is 5.75 Å². The molecule has 1 N–H and O–H groups in total. The summed E-state index contributed by atoms with van der Waals surface area (Å²) in [5, 5.41) is 0.775. The topological polar surface area (TPSA) is 78.1 Å². The highest BCUT2D eigenvalue weighted by Crippen LogP contribution is 2.43. The van der Waals surface area contributed by atoms with E-state index in [-0.39, 0.29) is 18.0 Å². The number of anilines is 2. The number of aromatic amines is 1. The Morgan fingerprint density at radius 3 is 2.42 bits per heavy atom. The average Bonchev–Trinajstić information content (AvgIpc) is 3.04. The lowest BCUT2D eigenvalue weighted by atomic mass is 9.99. The summed E-state index contributed by atoms with van der Waals surface area (Å²) in [5.74, 6) is 0.153. The Labute approximate surface area is 231 Å². The number of nitrogens with one attached hydrogen (secondary N) is 1. The molecule has 5 rings (SSSR count). The predicted molar refractivity (Wildman–Crippen MR) is 151 cm³/mol. The number of nitrogens with zero attached hydrogens (tertiary/aromatic N) is 3. The molecule has 2 aromatic carbocycles. The minimum atomic E-state index is -0.287. The molecule has 2 aliphatic heterocycles. The minimum absolute atomic E-state index is 0.0807. The molecule has 3 heterocycles. The van der Waals surface area contributed by atoms with E-state index in [1.165, 1.54) is 7.11 Å². The number of H-pyrrole nitrogens is 1. The van der Waals surface area contributed by atoms with Gasteiger partial charge in [-0.1, -0.05) is 35.3 Å². The number of aromatic nitrogens is 1. The van der Waals surface area contributed by atoms with Crippen molar-refractivity contribution in [1.29, 1.82) is 0 Å². The number of amides is 1. The molecule has 0 atom stereocenters. The van der Waals surface area contributed by atoms with Crippen LogP contribution in [0.3, 0.4) is 0 Å². The molecule has 200 valence electrons. The first-order valence-corrected chi connectivity index (χ1v) is 13.3. The van der Waals surface area contributed by atoms with Crippen LogP contribution in [0.4, 0.5) is 11.4 Å². The Kier molecular flexibility index (Phi) is 7.56. The van der Waals surface area contributed by atoms with Gasteiger partial charge < -0.3 is 29.2 Å². The third-order valence-electron chi connectivity index (χ3n) is 7.13. The number of fused-ring (bicyclic) bond motifs is 1. The average molecular weight is 557 g/mol. The summed E-state index contributed by atoms with van der Waals surface area (Å²) >= 11 is 13.8. The maximum absolute atomic E-state index is 14.0. The van der Waals surface area contributed by atoms with E-state index in [1.54, 1.807) is 17.9 Å². The van der Waals surface area contributed by atoms with Gasteiger partial charge in [0.15, 0.2) is 0 Å². The summed E-state index contributed by atoms with van der Waals surface area (Å²) in [6, 6.07) is 11.7. The molecule has 1 aromatic heterocycles. The van der Waals surface area contributed by atoms with Gasteiger partial charge in [-0.15, -0.1) is 0 Å². The summed E-state index contributed by atoms with van der Waals surface area (Å²) in [7, 11) is 3.40. The quantitative estimate of drug-likeness (QED) is 0.495. The number of methoxy groups -OCH3 is 1. The van der Waals surface area contributed by atoms with Gasteiger partial charge in [0.05, 0.1) is 53.7 Å². The molecular weight excluding hydrogens is 527 g/mol. The fourth-order valence-electron chi connectivity index (χ4n) is 5.07. The largest absolute Gasteiger partial charge is 0.496 e. The van der Waals surface area contributed by atoms with Crippen molar-refractivity contribution in [2.24, 2.45) is 0 Å². The normalized spacial score (nSPS) is 15.9. The second-order valence-electron chi connectivity index (χ2n) is 9.57. The summed E-state index contributed by atoms with van der Waals surface area (Å²) in [6.07, 6.45) is 0. The van der Waals surface area contributed by atoms with Gasteiger partial charge in [-0.2, -0.15) is 0 Å². The zero-order valence-electron chi connectivity index (χ0n) is 21.6. The number of ether oxygens (including phenoxy) is 2. The predicted octanol–water partition coefficient (Wildman–Crippen LogP) is 4.59. The van der Waals surface area contributed by atoms with Crippen molar-refractivity contribution in [3.05, 3.63) is 73.6 Å². The molecule has 8 nitrogen and oxygen atoms in total. The Balaban J connectivity index is 1.53. The number of hydrogen-bond acceptors (Lipinski definition) is 6. The van der Waals surface area contributed by atoms with Crippen molar-refractivity contribution < 1.29 is 14.3 Å². The number of aryl methyl sites for hydroxylation is 1. The van der Waals surface area contributed by atoms with Crippen LogP contribution in [-0.4, -0.2) is 69.3 Å². The zero-order chi connectivity index (χ0) is 27.0. The molecule has 0 unspecified atom stereocenters. The lowest BCUT2D eigenvalue weighted by Crippen LogP contribution is -2.36. The van der Waals surface area contributed by atoms with Gasteiger partial charge in [0.25, 0.3) is 11.5 Å². The molecule has 1 amide bonds. The van der Waals surface area contributed by atoms with E-state index in [1.807, 2.05) is 42.3 Å². The van der Waals surface area contributed by atoms with Crippen LogP contribution in [0, 0.1) is 6.92 Å². The highest BCUT2D eigenvalue weighted by Gasteiger charge is 2.32. The Bertz CT molecular complexity index is 1420. The standard InChI is InChI=1S/C28H30Cl2N4O4/c1-17-14-23(37-3)21(27(35)31-17)16-34-9-8-32(2)26-22(29)15-20(25(30)24(26)28(34)36)18-4-6-19(7-5-18)33-10-12-38-13-11-33/h4-7,14-15H,8-13,16H2,1-3H3,(H,31,35). The minimum Gasteiger partial charge on any atom is -0.496 e. The Morgan fingerprint density at radius 1 is 1.03 bits per heavy atom. The molecular formula is C28H30Cl2N4O4. The SMILES string of the molecule is COc1cc(C)[nH]c(=O)c1CN1CCN(C)c2c(Cl)cc(-c3ccc(N4CCOCC4)cc3)c(Cl)c2C1=O. The van der Waals surface area contributed by atoms with Crippen molar-refractivity contribution in [2.45, 2.75) is 13.5 Å². The first kappa shape index (κ1) is 26.4. The number of carbonyl (C=O) groups is 1. The molecule has 1 fully saturated rings. The fourth-order valence-corrected chi connectivity index (χ4v) is 5.75. The number of carbonyl (C=O) groups excluding carboxylic acids is 1. The fraction of sp³-hybridized carbons (Fsp3) is 0.357. The summed E-state index contributed by atoms with van der Waals surface area (Å²) in [6.45, 7) is 5.88. The van der Waals surface area contributed by atoms with Gasteiger partial charge >= 0.3 is 0 Å². The van der Waals surface area contributed by atoms with Crippen molar-refractivity contribution in [1.82, 2.24) is 9.88 Å². The molecule has 38 heavy (non-hydrogen) atoms. The molecule has 0 aliphatic carbocycles. The van der Waals surface area contributed by atoms with Gasteiger partial charge in [0, 0.05) is 50.2 Å². The monoisotopic (exact) mass is 556 g/mol. The van der Waals surface area contributed by atoms with E-state index in [4.69, 9.17) is 32.7 Å². The van der Waals surface area contributed by atoms with Crippen molar-refractivity contribution >= 4 is 40.5 Å². The lowest BCUT2D eigenvalue weighted by molar-refractivity contribution is 0.0753. The molecule has 0 bridgehead atoms. The molecule has 1 saturated heterocycles. The highest BCUT2D eigenvalue weighted by molar-refractivity contribution is 6.41. The maximum atomic E-state index is 14.0. The number of benzene rings is 2. The van der Waals surface area contributed by atoms with Gasteiger partial charge in [-0.3, -0.25) is 9.59 Å². The van der Waals surface area contributed by atoms with Crippen LogP contribution in [0.15, 0.2) is 41.2 Å². The highest BCUT2D eigenvalue weighted by atomic mass is 35.5. The molecule has 10 heteroatoms. The van der Waals surface area contributed by atoms with Crippen molar-refractivity contribution in [3.8, 4) is 16.9 Å². The zero-order valence-corrected chi connectivity index (χ0v) is 23.2. The van der Waals surface area contributed by atoms with Gasteiger partial charge in [-0.05, 0) is 36.8 Å². The van der Waals surface area contributed by atoms with E-state index in [2.05, 4.69) is 9.88 Å². The van der Waals surface area contributed by atoms with Crippen LogP contribution in [-0.2, 0) is 11.3 Å². The third kappa shape index (κ3) is 4.96. The number of hydrogen-bond donors (Lipinski definition) is 1. The first-order chi connectivity index (χ1) is 18.3. The number of pyridine rings is 1. The van der Waals surface area contributed by atoms with Crippen LogP contribution in [0.2, 0.25) is 10.0 Å². The van der Waals surface area contributed by atoms with Crippen LogP contribution >= 0.6 is 23.2 Å². The molecule has 0 spiro atoms. The van der Waals surface area contributed by atoms with Crippen LogP contribution in [0.1, 0.15) is 21.6 Å². The number of halogens is 2. The number of rotatable bonds is 5. The molecule has 0 saturated carbocycles. The summed E-state index contributed by atoms with van der Waals surface area (Å²) in [4.78, 5) is 35.4. The van der Waals surface area contributed by atoms with E-state index < -0.39 is 0 Å². The van der Waals surface area contributed by atoms with Gasteiger partial charge in [0.2, 0.25) is 0 Å². The van der Waals surface area contributed by atoms with E-state index >= 15 is 0 Å². The number of likely N-dealkylation sites (N-methyl/N-ethyl adjacent to an activating group) is 1. The Hall–Kier alpha value is -3.20. The second kappa shape index (κ2) is 10.9. The second-order valence-corrected chi connectivity index (χ2v) is 10.4. The van der Waals surface area contributed by atoms with Crippen molar-refractivity contribution in [3.63, 3.8) is 0 Å². The summed E-state index contributed by atoms with van der Waals surface area (Å²) in [5.41, 5.74) is 4.34. The first-order valence-electron chi connectivity index (χ1n) is 12.5. The van der Waals surface area contributed by atoms with Crippen molar-refractivity contribution in [2.75, 3.05) is 63.4 Å².